The fraction of sp³-hybridized carbons (Fsp3) is 0.250. The summed E-state index contributed by atoms with van der Waals surface area (Å²) in [7, 11) is 1.57. The van der Waals surface area contributed by atoms with Gasteiger partial charge in [-0.3, -0.25) is 34.3 Å². The highest BCUT2D eigenvalue weighted by Gasteiger charge is 2.76. The van der Waals surface area contributed by atoms with Gasteiger partial charge in [-0.15, -0.1) is 0 Å². The standard InChI is InChI=1S/C64H55N5O13/c1-77-49-24-16-41(17-25-49)12-13-42-18-28-52-51(36-42)64(62(73)67(52)63(74)79-39-43-14-22-48(23-15-43)69(75)76)55(60(71)66-32-30-65(31-33-66)38-44-19-29-53-54(37-44)81-40-80-53)57-61(72)82-58(46-10-6-3-7-11-46)56(45-8-4-2-5-9-45)68(57)59(64)47-20-26-50(27-21-47)78-35-34-70/h2-11,14-29,36-37,55-59,70H,30-35,38-40H2,1H3/t55-,56-,57-,58+,59+,64-/m1/s1. The van der Waals surface area contributed by atoms with Gasteiger partial charge in [-0.25, -0.2) is 9.69 Å². The van der Waals surface area contributed by atoms with E-state index in [1.165, 1.54) is 24.3 Å². The van der Waals surface area contributed by atoms with Crippen molar-refractivity contribution in [1.29, 1.82) is 0 Å². The van der Waals surface area contributed by atoms with E-state index in [2.05, 4.69) is 16.7 Å². The number of benzene rings is 7. The second kappa shape index (κ2) is 22.5. The number of cyclic esters (lactones) is 1. The van der Waals surface area contributed by atoms with E-state index in [4.69, 9.17) is 28.4 Å². The quantitative estimate of drug-likeness (QED) is 0.0499. The van der Waals surface area contributed by atoms with E-state index in [-0.39, 0.29) is 56.6 Å². The Kier molecular flexibility index (Phi) is 14.6. The molecule has 3 fully saturated rings. The number of esters is 1. The third-order valence-electron chi connectivity index (χ3n) is 15.9. The molecule has 18 nitrogen and oxygen atoms in total. The zero-order valence-electron chi connectivity index (χ0n) is 44.5. The number of carbonyl (C=O) groups excluding carboxylic acids is 4. The second-order valence-electron chi connectivity index (χ2n) is 20.5. The summed E-state index contributed by atoms with van der Waals surface area (Å²) in [6.45, 7) is 1.42. The molecule has 3 saturated heterocycles. The van der Waals surface area contributed by atoms with Crippen LogP contribution >= 0.6 is 0 Å². The van der Waals surface area contributed by atoms with Crippen LogP contribution in [0.1, 0.15) is 62.7 Å². The van der Waals surface area contributed by atoms with Gasteiger partial charge in [-0.1, -0.05) is 90.7 Å². The molecule has 0 radical (unpaired) electrons. The number of anilines is 1. The first-order valence-electron chi connectivity index (χ1n) is 26.9. The molecule has 5 aliphatic rings. The maximum Gasteiger partial charge on any atom is 0.421 e. The summed E-state index contributed by atoms with van der Waals surface area (Å²) >= 11 is 0. The van der Waals surface area contributed by atoms with Crippen LogP contribution in [0.5, 0.6) is 23.0 Å². The lowest BCUT2D eigenvalue weighted by molar-refractivity contribution is -0.384. The Labute approximate surface area is 472 Å². The minimum absolute atomic E-state index is 0.00522. The topological polar surface area (TPSA) is 200 Å². The Morgan fingerprint density at radius 2 is 1.38 bits per heavy atom. The fourth-order valence-electron chi connectivity index (χ4n) is 12.2. The fourth-order valence-corrected chi connectivity index (χ4v) is 12.2. The van der Waals surface area contributed by atoms with E-state index in [0.717, 1.165) is 16.0 Å². The van der Waals surface area contributed by atoms with Crippen LogP contribution in [0, 0.1) is 27.9 Å². The predicted octanol–water partition coefficient (Wildman–Crippen LogP) is 8.45. The highest BCUT2D eigenvalue weighted by atomic mass is 16.7. The molecule has 0 unspecified atom stereocenters. The normalized spacial score (nSPS) is 21.7. The summed E-state index contributed by atoms with van der Waals surface area (Å²) in [6.07, 6.45) is -2.05. The largest absolute Gasteiger partial charge is 0.497 e. The predicted molar refractivity (Wildman–Crippen MR) is 298 cm³/mol. The number of nitrogens with zero attached hydrogens (tertiary/aromatic N) is 5. The number of hydrogen-bond donors (Lipinski definition) is 1. The van der Waals surface area contributed by atoms with E-state index in [9.17, 15) is 15.2 Å². The number of ether oxygens (including phenoxy) is 6. The number of hydrogen-bond acceptors (Lipinski definition) is 15. The number of aliphatic hydroxyl groups is 1. The maximum atomic E-state index is 17.0. The summed E-state index contributed by atoms with van der Waals surface area (Å²) in [5.74, 6) is 5.26. The molecule has 0 bridgehead atoms. The average Bonchev–Trinajstić information content (AvgIpc) is 4.05. The molecule has 5 heterocycles. The molecule has 0 aliphatic carbocycles. The van der Waals surface area contributed by atoms with E-state index < -0.39 is 64.4 Å². The first-order valence-corrected chi connectivity index (χ1v) is 26.9. The highest BCUT2D eigenvalue weighted by molar-refractivity contribution is 6.23. The van der Waals surface area contributed by atoms with Crippen LogP contribution in [0.15, 0.2) is 170 Å². The Balaban J connectivity index is 1.05. The second-order valence-corrected chi connectivity index (χ2v) is 20.5. The number of imide groups is 1. The Hall–Kier alpha value is -9.54. The average molecular weight is 1100 g/mol. The van der Waals surface area contributed by atoms with Crippen molar-refractivity contribution in [3.8, 4) is 34.8 Å². The molecular formula is C64H55N5O13. The van der Waals surface area contributed by atoms with Crippen LogP contribution in [0.4, 0.5) is 16.2 Å². The van der Waals surface area contributed by atoms with Crippen LogP contribution in [-0.4, -0.2) is 108 Å². The van der Waals surface area contributed by atoms with Gasteiger partial charge < -0.3 is 38.4 Å². The van der Waals surface area contributed by atoms with Gasteiger partial charge in [0.2, 0.25) is 18.6 Å². The van der Waals surface area contributed by atoms with Crippen molar-refractivity contribution in [3.05, 3.63) is 224 Å². The molecule has 1 spiro atoms. The Morgan fingerprint density at radius 3 is 2.07 bits per heavy atom. The van der Waals surface area contributed by atoms with E-state index in [1.54, 1.807) is 66.6 Å². The molecule has 0 aromatic heterocycles. The molecule has 12 rings (SSSR count). The van der Waals surface area contributed by atoms with E-state index in [1.807, 2.05) is 95.9 Å². The number of fused-ring (bicyclic) bond motifs is 4. The Bertz CT molecular complexity index is 3620. The molecular weight excluding hydrogens is 1050 g/mol. The van der Waals surface area contributed by atoms with Crippen molar-refractivity contribution in [2.45, 2.75) is 42.8 Å². The highest BCUT2D eigenvalue weighted by Crippen LogP contribution is 2.66. The molecule has 5 aliphatic heterocycles. The first kappa shape index (κ1) is 53.1. The number of non-ortho nitro benzene ring substituents is 1. The lowest BCUT2D eigenvalue weighted by Crippen LogP contribution is -2.59. The van der Waals surface area contributed by atoms with Crippen molar-refractivity contribution >= 4 is 35.3 Å². The number of carbonyl (C=O) groups is 4. The molecule has 7 aromatic carbocycles. The summed E-state index contributed by atoms with van der Waals surface area (Å²) < 4.78 is 35.2. The van der Waals surface area contributed by atoms with E-state index in [0.29, 0.717) is 70.4 Å². The van der Waals surface area contributed by atoms with Crippen molar-refractivity contribution in [2.75, 3.05) is 58.2 Å². The van der Waals surface area contributed by atoms with Crippen LogP contribution in [0.3, 0.4) is 0 Å². The van der Waals surface area contributed by atoms with Gasteiger partial charge in [-0.2, -0.15) is 0 Å². The number of nitro benzene ring substituents is 1. The lowest BCUT2D eigenvalue weighted by atomic mass is 9.64. The van der Waals surface area contributed by atoms with E-state index >= 15 is 19.2 Å². The van der Waals surface area contributed by atoms with Gasteiger partial charge in [-0.05, 0) is 112 Å². The number of amides is 3. The molecule has 82 heavy (non-hydrogen) atoms. The monoisotopic (exact) mass is 1100 g/mol. The van der Waals surface area contributed by atoms with Gasteiger partial charge in [0.05, 0.1) is 42.3 Å². The van der Waals surface area contributed by atoms with Crippen molar-refractivity contribution < 1.29 is 57.6 Å². The third kappa shape index (κ3) is 9.78. The smallest absolute Gasteiger partial charge is 0.421 e. The Morgan fingerprint density at radius 1 is 0.720 bits per heavy atom. The summed E-state index contributed by atoms with van der Waals surface area (Å²) in [6, 6.07) is 45.9. The van der Waals surface area contributed by atoms with Gasteiger partial charge >= 0.3 is 12.1 Å². The molecule has 3 amide bonds. The molecule has 18 heteroatoms. The SMILES string of the molecule is COc1ccc(C#Cc2ccc3c(c2)[C@]2(C(=O)N3C(=O)OCc3ccc([N+](=O)[O-])cc3)[C@H](c3ccc(OCCO)cc3)N3[C@H](c4ccccc4)[C@H](c4ccccc4)OC(=O)[C@H]3[C@@H]2C(=O)N2CCN(Cc3ccc4c(c3)OCO4)CC2)cc1. The lowest BCUT2D eigenvalue weighted by Gasteiger charge is -2.46. The molecule has 6 atom stereocenters. The maximum absolute atomic E-state index is 17.0. The molecule has 1 N–H and O–H groups in total. The van der Waals surface area contributed by atoms with Crippen molar-refractivity contribution in [2.24, 2.45) is 5.92 Å². The minimum atomic E-state index is -2.12. The van der Waals surface area contributed by atoms with Gasteiger partial charge in [0.15, 0.2) is 11.5 Å². The zero-order valence-corrected chi connectivity index (χ0v) is 44.5. The molecule has 414 valence electrons. The number of morpholine rings is 1. The van der Waals surface area contributed by atoms with Crippen LogP contribution in [0.25, 0.3) is 0 Å². The molecule has 0 saturated carbocycles. The first-order chi connectivity index (χ1) is 40.0. The number of aliphatic hydroxyl groups excluding tert-OH is 1. The summed E-state index contributed by atoms with van der Waals surface area (Å²) in [5, 5.41) is 21.3. The summed E-state index contributed by atoms with van der Waals surface area (Å²) in [4.78, 5) is 82.3. The van der Waals surface area contributed by atoms with Crippen molar-refractivity contribution in [3.63, 3.8) is 0 Å². The minimum Gasteiger partial charge on any atom is -0.497 e. The summed E-state index contributed by atoms with van der Waals surface area (Å²) in [5.41, 5.74) is 2.49. The van der Waals surface area contributed by atoms with Gasteiger partial charge in [0.1, 0.15) is 42.3 Å². The number of nitro groups is 1. The van der Waals surface area contributed by atoms with Crippen LogP contribution in [0.2, 0.25) is 0 Å². The zero-order chi connectivity index (χ0) is 56.5. The van der Waals surface area contributed by atoms with Crippen LogP contribution < -0.4 is 23.8 Å². The van der Waals surface area contributed by atoms with Gasteiger partial charge in [0.25, 0.3) is 5.69 Å². The number of piperazine rings is 1. The third-order valence-corrected chi connectivity index (χ3v) is 15.9. The van der Waals surface area contributed by atoms with Crippen molar-refractivity contribution in [1.82, 2.24) is 14.7 Å². The number of rotatable bonds is 13. The number of methoxy groups -OCH3 is 1. The van der Waals surface area contributed by atoms with Gasteiger partial charge in [0, 0.05) is 56.0 Å². The molecule has 7 aromatic rings. The van der Waals surface area contributed by atoms with Crippen LogP contribution in [-0.2, 0) is 42.4 Å².